The van der Waals surface area contributed by atoms with E-state index in [0.29, 0.717) is 31.7 Å². The summed E-state index contributed by atoms with van der Waals surface area (Å²) in [6, 6.07) is 28.6. The monoisotopic (exact) mass is 637 g/mol. The Hall–Kier alpha value is -5.38. The Morgan fingerprint density at radius 1 is 0.830 bits per heavy atom. The lowest BCUT2D eigenvalue weighted by molar-refractivity contribution is -0.727. The molecule has 10 nitrogen and oxygen atoms in total. The van der Waals surface area contributed by atoms with Crippen LogP contribution in [0.3, 0.4) is 0 Å². The zero-order valence-electron chi connectivity index (χ0n) is 26.5. The summed E-state index contributed by atoms with van der Waals surface area (Å²) in [5.74, 6) is 0.171. The van der Waals surface area contributed by atoms with Crippen molar-refractivity contribution in [1.29, 1.82) is 0 Å². The number of aromatic nitrogens is 1. The summed E-state index contributed by atoms with van der Waals surface area (Å²) in [6.45, 7) is 2.73. The quantitative estimate of drug-likeness (QED) is 0.123. The summed E-state index contributed by atoms with van der Waals surface area (Å²) in [5, 5.41) is 8.53. The van der Waals surface area contributed by atoms with E-state index < -0.39 is 6.09 Å². The topological polar surface area (TPSA) is 119 Å². The number of hydrogen-bond donors (Lipinski definition) is 3. The van der Waals surface area contributed by atoms with E-state index in [9.17, 15) is 14.4 Å². The Balaban J connectivity index is 1.05. The third-order valence-corrected chi connectivity index (χ3v) is 7.95. The summed E-state index contributed by atoms with van der Waals surface area (Å²) in [6.07, 6.45) is 6.23. The van der Waals surface area contributed by atoms with Crippen molar-refractivity contribution >= 4 is 23.8 Å². The normalized spacial score (nSPS) is 15.6. The molecule has 1 aliphatic rings. The predicted octanol–water partition coefficient (Wildman–Crippen LogP) is 6.35. The van der Waals surface area contributed by atoms with Gasteiger partial charge in [-0.15, -0.1) is 0 Å². The van der Waals surface area contributed by atoms with Gasteiger partial charge in [-0.3, -0.25) is 4.79 Å². The Bertz CT molecular complexity index is 1630. The second-order valence-corrected chi connectivity index (χ2v) is 11.3. The van der Waals surface area contributed by atoms with Crippen LogP contribution in [0.5, 0.6) is 5.75 Å². The summed E-state index contributed by atoms with van der Waals surface area (Å²) in [7, 11) is 0. The molecule has 1 aliphatic carbocycles. The summed E-state index contributed by atoms with van der Waals surface area (Å²) < 4.78 is 18.4. The van der Waals surface area contributed by atoms with Gasteiger partial charge in [-0.05, 0) is 55.2 Å². The van der Waals surface area contributed by atoms with Crippen molar-refractivity contribution in [2.24, 2.45) is 5.92 Å². The number of nitrogens with zero attached hydrogens (tertiary/aromatic N) is 1. The van der Waals surface area contributed by atoms with Gasteiger partial charge in [-0.25, -0.2) is 9.59 Å². The van der Waals surface area contributed by atoms with Gasteiger partial charge in [0.2, 0.25) is 0 Å². The van der Waals surface area contributed by atoms with Crippen molar-refractivity contribution < 1.29 is 33.2 Å². The third kappa shape index (κ3) is 9.80. The van der Waals surface area contributed by atoms with Crippen LogP contribution in [0.2, 0.25) is 0 Å². The first-order chi connectivity index (χ1) is 23.0. The van der Waals surface area contributed by atoms with Gasteiger partial charge in [0.1, 0.15) is 12.4 Å². The number of anilines is 1. The van der Waals surface area contributed by atoms with Gasteiger partial charge >= 0.3 is 18.1 Å². The minimum absolute atomic E-state index is 0.0173. The molecule has 244 valence electrons. The van der Waals surface area contributed by atoms with Crippen LogP contribution in [0.15, 0.2) is 103 Å². The van der Waals surface area contributed by atoms with Crippen LogP contribution in [-0.4, -0.2) is 30.7 Å². The lowest BCUT2D eigenvalue weighted by atomic mass is 9.84. The molecule has 47 heavy (non-hydrogen) atoms. The highest BCUT2D eigenvalue weighted by Gasteiger charge is 2.33. The van der Waals surface area contributed by atoms with Gasteiger partial charge < -0.3 is 30.2 Å². The Morgan fingerprint density at radius 3 is 2.40 bits per heavy atom. The number of nitrogens with one attached hydrogen (secondary N) is 3. The summed E-state index contributed by atoms with van der Waals surface area (Å²) in [5.41, 5.74) is 4.58. The van der Waals surface area contributed by atoms with Gasteiger partial charge in [0.15, 0.2) is 12.4 Å². The molecular weight excluding hydrogens is 596 g/mol. The van der Waals surface area contributed by atoms with E-state index in [1.807, 2.05) is 78.9 Å². The van der Waals surface area contributed by atoms with Crippen molar-refractivity contribution in [2.75, 3.05) is 11.9 Å². The highest BCUT2D eigenvalue weighted by atomic mass is 16.6. The number of pyridine rings is 1. The molecule has 0 bridgehead atoms. The van der Waals surface area contributed by atoms with Crippen LogP contribution < -0.4 is 25.3 Å². The number of esters is 1. The van der Waals surface area contributed by atoms with Crippen LogP contribution in [-0.2, 0) is 34.2 Å². The number of amides is 3. The smallest absolute Gasteiger partial charge is 0.412 e. The first-order valence-electron chi connectivity index (χ1n) is 16.0. The standard InChI is InChI=1S/C37H40N4O6/c1-2-45-35(42)32-15-6-8-16-33(32)40-37(44)47-26-41-22-10-11-28(24-41)23-38-36(43)39-30-20-18-27(19-21-30)25-46-34-17-9-7-14-31(34)29-12-4-3-5-13-29/h3-5,7,9-14,17-22,24,32-33H,2,6,8,15-16,23,25-26H2,1H3,(H2-,38,39,40,43,44)/p+1/t32-,33+/m0/s1. The van der Waals surface area contributed by atoms with Gasteiger partial charge in [0.05, 0.1) is 19.1 Å². The average Bonchev–Trinajstić information content (AvgIpc) is 3.10. The lowest BCUT2D eigenvalue weighted by Gasteiger charge is -2.29. The molecule has 5 rings (SSSR count). The summed E-state index contributed by atoms with van der Waals surface area (Å²) >= 11 is 0. The highest BCUT2D eigenvalue weighted by molar-refractivity contribution is 5.89. The molecule has 0 spiro atoms. The number of para-hydroxylation sites is 1. The highest BCUT2D eigenvalue weighted by Crippen LogP contribution is 2.30. The maximum Gasteiger partial charge on any atom is 0.412 e. The molecule has 1 aromatic heterocycles. The number of carbonyl (C=O) groups is 3. The fraction of sp³-hybridized carbons (Fsp3) is 0.297. The maximum absolute atomic E-state index is 12.6. The first-order valence-corrected chi connectivity index (χ1v) is 16.0. The molecule has 1 saturated carbocycles. The number of rotatable bonds is 12. The Morgan fingerprint density at radius 2 is 1.60 bits per heavy atom. The van der Waals surface area contributed by atoms with Crippen LogP contribution in [0, 0.1) is 5.92 Å². The molecule has 10 heteroatoms. The van der Waals surface area contributed by atoms with E-state index in [0.717, 1.165) is 40.8 Å². The van der Waals surface area contributed by atoms with Gasteiger partial charge in [0.25, 0.3) is 6.73 Å². The molecule has 3 amide bonds. The fourth-order valence-electron chi connectivity index (χ4n) is 5.57. The van der Waals surface area contributed by atoms with Crippen LogP contribution in [0.25, 0.3) is 11.1 Å². The average molecular weight is 638 g/mol. The molecule has 4 aromatic rings. The maximum atomic E-state index is 12.6. The van der Waals surface area contributed by atoms with E-state index >= 15 is 0 Å². The Kier molecular flexibility index (Phi) is 11.8. The van der Waals surface area contributed by atoms with Crippen molar-refractivity contribution in [3.63, 3.8) is 0 Å². The van der Waals surface area contributed by atoms with Crippen LogP contribution >= 0.6 is 0 Å². The van der Waals surface area contributed by atoms with Crippen molar-refractivity contribution in [3.8, 4) is 16.9 Å². The van der Waals surface area contributed by atoms with E-state index in [-0.39, 0.29) is 37.2 Å². The molecular formula is C37H41N4O6+. The molecule has 3 aromatic carbocycles. The van der Waals surface area contributed by atoms with E-state index in [1.165, 1.54) is 0 Å². The van der Waals surface area contributed by atoms with Crippen molar-refractivity contribution in [3.05, 3.63) is 115 Å². The number of alkyl carbamates (subject to hydrolysis) is 1. The van der Waals surface area contributed by atoms with Crippen LogP contribution in [0.1, 0.15) is 43.7 Å². The predicted molar refractivity (Wildman–Crippen MR) is 177 cm³/mol. The minimum atomic E-state index is -0.587. The number of hydrogen-bond acceptors (Lipinski definition) is 6. The number of benzene rings is 3. The molecule has 0 aliphatic heterocycles. The second kappa shape index (κ2) is 16.8. The zero-order valence-corrected chi connectivity index (χ0v) is 26.5. The van der Waals surface area contributed by atoms with E-state index in [2.05, 4.69) is 28.1 Å². The third-order valence-electron chi connectivity index (χ3n) is 7.95. The lowest BCUT2D eigenvalue weighted by Crippen LogP contribution is -2.47. The molecule has 2 atom stereocenters. The largest absolute Gasteiger partial charge is 0.488 e. The first kappa shape index (κ1) is 33.0. The van der Waals surface area contributed by atoms with Crippen molar-refractivity contribution in [1.82, 2.24) is 10.6 Å². The molecule has 1 fully saturated rings. The summed E-state index contributed by atoms with van der Waals surface area (Å²) in [4.78, 5) is 37.4. The molecule has 0 unspecified atom stereocenters. The molecule has 0 radical (unpaired) electrons. The molecule has 3 N–H and O–H groups in total. The molecule has 0 saturated heterocycles. The fourth-order valence-corrected chi connectivity index (χ4v) is 5.57. The SMILES string of the molecule is CCOC(=O)[C@H]1CCCC[C@H]1NC(=O)OC[n+]1cccc(CNC(=O)Nc2ccc(COc3ccccc3-c3ccccc3)cc2)c1. The van der Waals surface area contributed by atoms with Gasteiger partial charge in [-0.1, -0.05) is 73.5 Å². The number of ether oxygens (including phenoxy) is 3. The second-order valence-electron chi connectivity index (χ2n) is 11.3. The van der Waals surface area contributed by atoms with Gasteiger partial charge in [-0.2, -0.15) is 4.57 Å². The van der Waals surface area contributed by atoms with Crippen LogP contribution in [0.4, 0.5) is 15.3 Å². The number of urea groups is 1. The van der Waals surface area contributed by atoms with E-state index in [1.54, 1.807) is 23.9 Å². The van der Waals surface area contributed by atoms with Gasteiger partial charge in [0, 0.05) is 28.9 Å². The Labute approximate surface area is 275 Å². The molecule has 1 heterocycles. The number of carbonyl (C=O) groups excluding carboxylic acids is 3. The minimum Gasteiger partial charge on any atom is -0.488 e. The zero-order chi connectivity index (χ0) is 32.8. The van der Waals surface area contributed by atoms with Crippen molar-refractivity contribution in [2.45, 2.75) is 58.5 Å². The van der Waals surface area contributed by atoms with E-state index in [4.69, 9.17) is 14.2 Å².